The first kappa shape index (κ1) is 25.9. The van der Waals surface area contributed by atoms with Gasteiger partial charge in [-0.25, -0.2) is 0 Å². The van der Waals surface area contributed by atoms with E-state index in [0.717, 1.165) is 64.1 Å². The molecule has 3 aromatic carbocycles. The number of hydrogen-bond donors (Lipinski definition) is 1. The molecule has 1 aliphatic carbocycles. The first-order chi connectivity index (χ1) is 18.4. The Hall–Kier alpha value is -3.70. The van der Waals surface area contributed by atoms with Crippen LogP contribution >= 0.6 is 0 Å². The number of carbonyl (C=O) groups excluding carboxylic acids is 1. The Bertz CT molecular complexity index is 1370. The Morgan fingerprint density at radius 2 is 1.58 bits per heavy atom. The van der Waals surface area contributed by atoms with Crippen molar-refractivity contribution in [1.29, 1.82) is 0 Å². The standard InChI is InChI=1S/C33H35NO4/c1-4-37-32(36)33(18-19-33)28-16-14-25(15-17-28)24-10-12-27(13-11-24)31-29(23(3)34-38-31)20-22(2)21-30(35)26-8-6-5-7-9-26/h5-17,22,30,35H,4,18-21H2,1-3H3. The predicted octanol–water partition coefficient (Wildman–Crippen LogP) is 7.21. The Balaban J connectivity index is 1.28. The van der Waals surface area contributed by atoms with Crippen LogP contribution < -0.4 is 0 Å². The Morgan fingerprint density at radius 1 is 0.974 bits per heavy atom. The van der Waals surface area contributed by atoms with E-state index in [2.05, 4.69) is 60.6 Å². The smallest absolute Gasteiger partial charge is 0.316 e. The number of aromatic nitrogens is 1. The van der Waals surface area contributed by atoms with Crippen molar-refractivity contribution >= 4 is 5.97 Å². The van der Waals surface area contributed by atoms with E-state index in [9.17, 15) is 9.90 Å². The van der Waals surface area contributed by atoms with Crippen LogP contribution in [0, 0.1) is 12.8 Å². The zero-order valence-corrected chi connectivity index (χ0v) is 22.3. The molecule has 5 heteroatoms. The highest BCUT2D eigenvalue weighted by atomic mass is 16.5. The van der Waals surface area contributed by atoms with Crippen molar-refractivity contribution in [2.75, 3.05) is 6.61 Å². The summed E-state index contributed by atoms with van der Waals surface area (Å²) in [5.41, 5.74) is 6.67. The number of aliphatic hydroxyl groups is 1. The Kier molecular flexibility index (Phi) is 7.48. The highest BCUT2D eigenvalue weighted by Gasteiger charge is 2.52. The zero-order chi connectivity index (χ0) is 26.7. The van der Waals surface area contributed by atoms with Gasteiger partial charge in [0.15, 0.2) is 5.76 Å². The molecule has 0 radical (unpaired) electrons. The molecular formula is C33H35NO4. The highest BCUT2D eigenvalue weighted by Crippen LogP contribution is 2.49. The molecule has 0 amide bonds. The number of esters is 1. The lowest BCUT2D eigenvalue weighted by Gasteiger charge is -2.17. The van der Waals surface area contributed by atoms with E-state index in [4.69, 9.17) is 9.26 Å². The van der Waals surface area contributed by atoms with Gasteiger partial charge in [-0.1, -0.05) is 90.9 Å². The van der Waals surface area contributed by atoms with Crippen molar-refractivity contribution in [3.05, 3.63) is 101 Å². The molecule has 0 saturated heterocycles. The average Bonchev–Trinajstić information content (AvgIpc) is 3.68. The van der Waals surface area contributed by atoms with Crippen molar-refractivity contribution in [3.63, 3.8) is 0 Å². The lowest BCUT2D eigenvalue weighted by atomic mass is 9.90. The molecule has 2 unspecified atom stereocenters. The maximum absolute atomic E-state index is 12.4. The number of hydrogen-bond acceptors (Lipinski definition) is 5. The Labute approximate surface area is 224 Å². The van der Waals surface area contributed by atoms with Gasteiger partial charge < -0.3 is 14.4 Å². The lowest BCUT2D eigenvalue weighted by Crippen LogP contribution is -2.23. The molecule has 0 spiro atoms. The van der Waals surface area contributed by atoms with Crippen LogP contribution in [0.1, 0.15) is 61.6 Å². The minimum atomic E-state index is -0.493. The second-order valence-corrected chi connectivity index (χ2v) is 10.5. The van der Waals surface area contributed by atoms with Crippen LogP contribution in [0.4, 0.5) is 0 Å². The normalized spacial score (nSPS) is 15.6. The Morgan fingerprint density at radius 3 is 2.18 bits per heavy atom. The van der Waals surface area contributed by atoms with E-state index >= 15 is 0 Å². The van der Waals surface area contributed by atoms with Gasteiger partial charge in [0, 0.05) is 11.1 Å². The molecule has 1 fully saturated rings. The fraction of sp³-hybridized carbons (Fsp3) is 0.333. The zero-order valence-electron chi connectivity index (χ0n) is 22.3. The lowest BCUT2D eigenvalue weighted by molar-refractivity contribution is -0.146. The van der Waals surface area contributed by atoms with Gasteiger partial charge in [0.1, 0.15) is 0 Å². The van der Waals surface area contributed by atoms with Gasteiger partial charge in [-0.2, -0.15) is 0 Å². The number of aryl methyl sites for hydroxylation is 1. The van der Waals surface area contributed by atoms with Crippen LogP contribution in [0.5, 0.6) is 0 Å². The average molecular weight is 510 g/mol. The van der Waals surface area contributed by atoms with Gasteiger partial charge in [-0.05, 0) is 67.7 Å². The van der Waals surface area contributed by atoms with E-state index in [1.807, 2.05) is 44.2 Å². The maximum atomic E-state index is 12.4. The maximum Gasteiger partial charge on any atom is 0.316 e. The molecule has 1 heterocycles. The molecule has 5 rings (SSSR count). The number of benzene rings is 3. The van der Waals surface area contributed by atoms with E-state index in [1.165, 1.54) is 0 Å². The SMILES string of the molecule is CCOC(=O)C1(c2ccc(-c3ccc(-c4onc(C)c4CC(C)CC(O)c4ccccc4)cc3)cc2)CC1. The van der Waals surface area contributed by atoms with Crippen molar-refractivity contribution in [2.24, 2.45) is 5.92 Å². The van der Waals surface area contributed by atoms with Gasteiger partial charge in [-0.3, -0.25) is 4.79 Å². The topological polar surface area (TPSA) is 72.6 Å². The van der Waals surface area contributed by atoms with E-state index in [0.29, 0.717) is 13.0 Å². The number of ether oxygens (including phenoxy) is 1. The summed E-state index contributed by atoms with van der Waals surface area (Å²) in [4.78, 5) is 12.4. The van der Waals surface area contributed by atoms with Crippen LogP contribution in [-0.2, 0) is 21.4 Å². The second kappa shape index (κ2) is 11.0. The summed E-state index contributed by atoms with van der Waals surface area (Å²) in [5.74, 6) is 0.930. The molecule has 38 heavy (non-hydrogen) atoms. The second-order valence-electron chi connectivity index (χ2n) is 10.5. The molecular weight excluding hydrogens is 474 g/mol. The van der Waals surface area contributed by atoms with Crippen molar-refractivity contribution in [3.8, 4) is 22.5 Å². The third-order valence-electron chi connectivity index (χ3n) is 7.68. The summed E-state index contributed by atoms with van der Waals surface area (Å²) in [6.07, 6.45) is 2.65. The molecule has 1 aliphatic rings. The van der Waals surface area contributed by atoms with Crippen LogP contribution in [0.2, 0.25) is 0 Å². The van der Waals surface area contributed by atoms with Gasteiger partial charge in [0.25, 0.3) is 0 Å². The van der Waals surface area contributed by atoms with Gasteiger partial charge in [0.2, 0.25) is 0 Å². The minimum absolute atomic E-state index is 0.112. The molecule has 5 nitrogen and oxygen atoms in total. The fourth-order valence-corrected chi connectivity index (χ4v) is 5.28. The summed E-state index contributed by atoms with van der Waals surface area (Å²) < 4.78 is 11.1. The van der Waals surface area contributed by atoms with Crippen molar-refractivity contribution < 1.29 is 19.2 Å². The molecule has 4 aromatic rings. The molecule has 2 atom stereocenters. The first-order valence-corrected chi connectivity index (χ1v) is 13.5. The fourth-order valence-electron chi connectivity index (χ4n) is 5.28. The molecule has 1 saturated carbocycles. The van der Waals surface area contributed by atoms with Crippen LogP contribution in [0.25, 0.3) is 22.5 Å². The van der Waals surface area contributed by atoms with Crippen molar-refractivity contribution in [1.82, 2.24) is 5.16 Å². The summed E-state index contributed by atoms with van der Waals surface area (Å²) in [6.45, 7) is 6.39. The van der Waals surface area contributed by atoms with Crippen LogP contribution in [0.3, 0.4) is 0 Å². The quantitative estimate of drug-likeness (QED) is 0.229. The highest BCUT2D eigenvalue weighted by molar-refractivity contribution is 5.87. The van der Waals surface area contributed by atoms with Gasteiger partial charge >= 0.3 is 5.97 Å². The monoisotopic (exact) mass is 509 g/mol. The number of nitrogens with zero attached hydrogens (tertiary/aromatic N) is 1. The first-order valence-electron chi connectivity index (χ1n) is 13.5. The summed E-state index contributed by atoms with van der Waals surface area (Å²) in [6, 6.07) is 26.4. The number of carbonyl (C=O) groups is 1. The third kappa shape index (κ3) is 5.30. The number of rotatable bonds is 10. The molecule has 0 bridgehead atoms. The third-order valence-corrected chi connectivity index (χ3v) is 7.68. The summed E-state index contributed by atoms with van der Waals surface area (Å²) in [5, 5.41) is 14.9. The van der Waals surface area contributed by atoms with E-state index in [1.54, 1.807) is 0 Å². The summed E-state index contributed by atoms with van der Waals surface area (Å²) in [7, 11) is 0. The van der Waals surface area contributed by atoms with Crippen molar-refractivity contribution in [2.45, 2.75) is 58.0 Å². The van der Waals surface area contributed by atoms with E-state index < -0.39 is 11.5 Å². The molecule has 0 aliphatic heterocycles. The van der Waals surface area contributed by atoms with Gasteiger partial charge in [-0.15, -0.1) is 0 Å². The van der Waals surface area contributed by atoms with E-state index in [-0.39, 0.29) is 11.9 Å². The molecule has 1 aromatic heterocycles. The van der Waals surface area contributed by atoms with Crippen LogP contribution in [0.15, 0.2) is 83.4 Å². The minimum Gasteiger partial charge on any atom is -0.465 e. The predicted molar refractivity (Wildman–Crippen MR) is 149 cm³/mol. The molecule has 1 N–H and O–H groups in total. The number of aliphatic hydroxyl groups excluding tert-OH is 1. The van der Waals surface area contributed by atoms with Gasteiger partial charge in [0.05, 0.1) is 23.8 Å². The molecule has 196 valence electrons. The largest absolute Gasteiger partial charge is 0.465 e. The van der Waals surface area contributed by atoms with Crippen LogP contribution in [-0.4, -0.2) is 22.8 Å². The summed E-state index contributed by atoms with van der Waals surface area (Å²) >= 11 is 0.